The number of nitrogens with zero attached hydrogens (tertiary/aromatic N) is 3. The maximum absolute atomic E-state index is 14.4. The molecule has 13 heteroatoms. The van der Waals surface area contributed by atoms with E-state index in [-0.39, 0.29) is 17.9 Å². The number of amides is 1. The summed E-state index contributed by atoms with van der Waals surface area (Å²) in [5.74, 6) is -4.25. The summed E-state index contributed by atoms with van der Waals surface area (Å²) >= 11 is 0. The van der Waals surface area contributed by atoms with Crippen LogP contribution in [0.1, 0.15) is 75.2 Å². The first-order chi connectivity index (χ1) is 21.9. The van der Waals surface area contributed by atoms with Gasteiger partial charge in [0, 0.05) is 32.1 Å². The lowest BCUT2D eigenvalue weighted by molar-refractivity contribution is -0.319. The van der Waals surface area contributed by atoms with Crippen LogP contribution >= 0.6 is 0 Å². The number of ether oxygens (including phenoxy) is 6. The molecule has 4 rings (SSSR count). The zero-order chi connectivity index (χ0) is 35.4. The first-order valence-corrected chi connectivity index (χ1v) is 16.9. The lowest BCUT2D eigenvalue weighted by Crippen LogP contribution is -2.79. The number of cyclic esters (lactones) is 1. The van der Waals surface area contributed by atoms with Crippen LogP contribution in [-0.2, 0) is 38.0 Å². The SMILES string of the molecule is CC=NC12[C@@H](C)C(=O)[C@H](C)[C@H]3N1C(=O)O[C@]3(C)[C@@H](CC)OC(=O)[C@H](C)[C@@H](O)[C@H](C)[C@@H](OC1OC(C)CC(N(C)C)C1OC)[C@]2(C)OC. The normalized spacial score (nSPS) is 47.9. The van der Waals surface area contributed by atoms with Crippen LogP contribution in [-0.4, -0.2) is 133 Å². The van der Waals surface area contributed by atoms with E-state index in [1.54, 1.807) is 61.8 Å². The van der Waals surface area contributed by atoms with Crippen LogP contribution in [0, 0.1) is 23.7 Å². The standard InChI is InChI=1S/C34H57N3O10/c1-14-23-32(8)27-18(4)25(39)21(7)34(35-15-2,37(27)31(41)47-32)33(9,43-13)28(19(5)24(38)20(6)29(40)45-23)46-30-26(42-12)22(36(10)11)16-17(3)44-30/h15,17-24,26-28,30,38H,14,16H2,1-13H3/t17?,18-,19-,20+,21-,22?,23+,24-,26?,27+,28+,30?,32+,33-,34?/m0/s1. The summed E-state index contributed by atoms with van der Waals surface area (Å²) in [5.41, 5.74) is -4.77. The van der Waals surface area contributed by atoms with Crippen LogP contribution < -0.4 is 0 Å². The van der Waals surface area contributed by atoms with Gasteiger partial charge in [0.15, 0.2) is 17.6 Å². The molecule has 0 aromatic carbocycles. The molecule has 0 aromatic heterocycles. The van der Waals surface area contributed by atoms with E-state index in [4.69, 9.17) is 33.4 Å². The third-order valence-corrected chi connectivity index (χ3v) is 11.7. The highest BCUT2D eigenvalue weighted by atomic mass is 16.7. The summed E-state index contributed by atoms with van der Waals surface area (Å²) < 4.78 is 38.1. The topological polar surface area (TPSA) is 146 Å². The van der Waals surface area contributed by atoms with E-state index >= 15 is 0 Å². The van der Waals surface area contributed by atoms with E-state index in [0.717, 1.165) is 0 Å². The molecule has 0 spiro atoms. The van der Waals surface area contributed by atoms with Crippen LogP contribution in [0.2, 0.25) is 0 Å². The fourth-order valence-electron chi connectivity index (χ4n) is 9.02. The number of ketones is 1. The van der Waals surface area contributed by atoms with Crippen molar-refractivity contribution in [2.75, 3.05) is 28.3 Å². The minimum absolute atomic E-state index is 0.0776. The third kappa shape index (κ3) is 5.62. The average molecular weight is 668 g/mol. The molecule has 4 saturated heterocycles. The van der Waals surface area contributed by atoms with Crippen molar-refractivity contribution in [3.05, 3.63) is 0 Å². The van der Waals surface area contributed by atoms with Gasteiger partial charge in [0.05, 0.1) is 36.2 Å². The number of aliphatic imine (C=N–C) groups is 1. The summed E-state index contributed by atoms with van der Waals surface area (Å²) in [5, 5.41) is 11.9. The predicted molar refractivity (Wildman–Crippen MR) is 173 cm³/mol. The molecule has 4 aliphatic rings. The largest absolute Gasteiger partial charge is 0.458 e. The molecule has 4 heterocycles. The molecule has 47 heavy (non-hydrogen) atoms. The lowest BCUT2D eigenvalue weighted by atomic mass is 9.62. The maximum Gasteiger partial charge on any atom is 0.413 e. The van der Waals surface area contributed by atoms with Crippen molar-refractivity contribution >= 4 is 24.1 Å². The molecule has 0 radical (unpaired) electrons. The number of carbonyl (C=O) groups is 3. The Morgan fingerprint density at radius 3 is 2.26 bits per heavy atom. The molecule has 4 aliphatic heterocycles. The van der Waals surface area contributed by atoms with Gasteiger partial charge in [0.25, 0.3) is 0 Å². The second-order valence-corrected chi connectivity index (χ2v) is 14.5. The fourth-order valence-corrected chi connectivity index (χ4v) is 9.02. The molecule has 1 N–H and O–H groups in total. The van der Waals surface area contributed by atoms with Crippen molar-refractivity contribution < 1.29 is 47.9 Å². The Bertz CT molecular complexity index is 1220. The van der Waals surface area contributed by atoms with Crippen LogP contribution in [0.5, 0.6) is 0 Å². The molecule has 0 aliphatic carbocycles. The Morgan fingerprint density at radius 2 is 1.72 bits per heavy atom. The average Bonchev–Trinajstić information content (AvgIpc) is 3.31. The summed E-state index contributed by atoms with van der Waals surface area (Å²) in [6.45, 7) is 15.8. The van der Waals surface area contributed by atoms with Crippen LogP contribution in [0.15, 0.2) is 4.99 Å². The molecule has 0 saturated carbocycles. The molecule has 0 aromatic rings. The van der Waals surface area contributed by atoms with E-state index in [1.165, 1.54) is 12.0 Å². The van der Waals surface area contributed by atoms with Crippen LogP contribution in [0.25, 0.3) is 0 Å². The van der Waals surface area contributed by atoms with E-state index < -0.39 is 89.3 Å². The van der Waals surface area contributed by atoms with E-state index in [2.05, 4.69) is 4.90 Å². The quantitative estimate of drug-likeness (QED) is 0.316. The van der Waals surface area contributed by atoms with Gasteiger partial charge in [-0.25, -0.2) is 4.79 Å². The van der Waals surface area contributed by atoms with Crippen LogP contribution in [0.3, 0.4) is 0 Å². The van der Waals surface area contributed by atoms with Crippen molar-refractivity contribution in [2.45, 2.75) is 141 Å². The van der Waals surface area contributed by atoms with Gasteiger partial charge in [-0.15, -0.1) is 0 Å². The smallest absolute Gasteiger partial charge is 0.413 e. The number of carbonyl (C=O) groups excluding carboxylic acids is 3. The summed E-state index contributed by atoms with van der Waals surface area (Å²) in [6.07, 6.45) is -3.21. The monoisotopic (exact) mass is 667 g/mol. The van der Waals surface area contributed by atoms with E-state index in [9.17, 15) is 19.5 Å². The van der Waals surface area contributed by atoms with Gasteiger partial charge in [-0.2, -0.15) is 0 Å². The molecule has 5 unspecified atom stereocenters. The first-order valence-electron chi connectivity index (χ1n) is 16.9. The maximum atomic E-state index is 14.4. The highest BCUT2D eigenvalue weighted by molar-refractivity contribution is 5.90. The zero-order valence-electron chi connectivity index (χ0n) is 30.4. The van der Waals surface area contributed by atoms with Crippen molar-refractivity contribution in [1.29, 1.82) is 0 Å². The molecular weight excluding hydrogens is 610 g/mol. The Balaban J connectivity index is 2.05. The summed E-state index contributed by atoms with van der Waals surface area (Å²) in [7, 11) is 6.99. The van der Waals surface area contributed by atoms with Gasteiger partial charge in [-0.3, -0.25) is 19.5 Å². The number of aliphatic hydroxyl groups is 1. The number of methoxy groups -OCH3 is 2. The third-order valence-electron chi connectivity index (χ3n) is 11.7. The van der Waals surface area contributed by atoms with Gasteiger partial charge in [0.2, 0.25) is 0 Å². The van der Waals surface area contributed by atoms with Crippen molar-refractivity contribution in [2.24, 2.45) is 28.7 Å². The predicted octanol–water partition coefficient (Wildman–Crippen LogP) is 3.05. The number of piperidine rings is 1. The van der Waals surface area contributed by atoms with Crippen molar-refractivity contribution in [3.8, 4) is 0 Å². The summed E-state index contributed by atoms with van der Waals surface area (Å²) in [4.78, 5) is 51.1. The van der Waals surface area contributed by atoms with Gasteiger partial charge in [0.1, 0.15) is 23.6 Å². The molecule has 268 valence electrons. The number of likely N-dealkylation sites (N-methyl/N-ethyl adjacent to an activating group) is 1. The number of hydrogen-bond acceptors (Lipinski definition) is 12. The number of aliphatic hydroxyl groups excluding tert-OH is 1. The fraction of sp³-hybridized carbons (Fsp3) is 0.882. The Hall–Kier alpha value is -2.16. The molecular formula is C34H57N3O10. The van der Waals surface area contributed by atoms with Crippen LogP contribution in [0.4, 0.5) is 4.79 Å². The van der Waals surface area contributed by atoms with Crippen molar-refractivity contribution in [1.82, 2.24) is 9.80 Å². The van der Waals surface area contributed by atoms with Gasteiger partial charge in [-0.1, -0.05) is 27.7 Å². The number of hydrogen-bond donors (Lipinski definition) is 1. The molecule has 13 nitrogen and oxygen atoms in total. The minimum atomic E-state index is -1.72. The Labute approximate surface area is 279 Å². The van der Waals surface area contributed by atoms with Crippen molar-refractivity contribution in [3.63, 3.8) is 0 Å². The second kappa shape index (κ2) is 13.6. The van der Waals surface area contributed by atoms with Gasteiger partial charge < -0.3 is 38.4 Å². The molecule has 4 fully saturated rings. The Morgan fingerprint density at radius 1 is 1.09 bits per heavy atom. The van der Waals surface area contributed by atoms with Gasteiger partial charge in [-0.05, 0) is 67.8 Å². The van der Waals surface area contributed by atoms with E-state index in [1.807, 2.05) is 27.9 Å². The van der Waals surface area contributed by atoms with E-state index in [0.29, 0.717) is 12.8 Å². The Kier molecular flexibility index (Phi) is 10.9. The van der Waals surface area contributed by atoms with Gasteiger partial charge >= 0.3 is 12.1 Å². The lowest BCUT2D eigenvalue weighted by Gasteiger charge is -2.61. The highest BCUT2D eigenvalue weighted by Gasteiger charge is 2.75. The zero-order valence-corrected chi connectivity index (χ0v) is 30.4. The first kappa shape index (κ1) is 37.7. The molecule has 1 amide bonds. The number of esters is 1. The summed E-state index contributed by atoms with van der Waals surface area (Å²) in [6, 6.07) is -0.952. The second-order valence-electron chi connectivity index (χ2n) is 14.5. The molecule has 4 bridgehead atoms. The highest BCUT2D eigenvalue weighted by Crippen LogP contribution is 2.56. The number of Topliss-reactive ketones (excluding diaryl/α,β-unsaturated/α-hetero) is 1. The number of rotatable bonds is 7. The molecule has 15 atom stereocenters. The minimum Gasteiger partial charge on any atom is -0.458 e.